The van der Waals surface area contributed by atoms with Gasteiger partial charge in [0.25, 0.3) is 0 Å². The van der Waals surface area contributed by atoms with E-state index in [2.05, 4.69) is 55.7 Å². The zero-order valence-corrected chi connectivity index (χ0v) is 10.8. The van der Waals surface area contributed by atoms with Crippen LogP contribution in [-0.4, -0.2) is 15.1 Å². The Morgan fingerprint density at radius 1 is 1.47 bits per heavy atom. The van der Waals surface area contributed by atoms with Crippen LogP contribution in [-0.2, 0) is 0 Å². The molecule has 0 aliphatic heterocycles. The van der Waals surface area contributed by atoms with Gasteiger partial charge in [-0.1, -0.05) is 6.92 Å². The standard InChI is InChI=1S/C12H23N3/c1-7-12(5,6)14-11-13-10(4)8-15(11)9(2)3/h8-9H,7H2,1-6H3,(H,13,14). The number of rotatable bonds is 4. The first-order chi connectivity index (χ1) is 6.85. The first-order valence-corrected chi connectivity index (χ1v) is 5.69. The van der Waals surface area contributed by atoms with Crippen LogP contribution in [0.3, 0.4) is 0 Å². The van der Waals surface area contributed by atoms with Crippen molar-refractivity contribution < 1.29 is 0 Å². The van der Waals surface area contributed by atoms with E-state index in [4.69, 9.17) is 0 Å². The van der Waals surface area contributed by atoms with Gasteiger partial charge in [0.15, 0.2) is 0 Å². The number of anilines is 1. The Labute approximate surface area is 92.9 Å². The van der Waals surface area contributed by atoms with Gasteiger partial charge in [0.05, 0.1) is 5.69 Å². The van der Waals surface area contributed by atoms with Crippen LogP contribution in [0.4, 0.5) is 5.95 Å². The van der Waals surface area contributed by atoms with Gasteiger partial charge in [-0.15, -0.1) is 0 Å². The predicted octanol–water partition coefficient (Wildman–Crippen LogP) is 3.37. The molecule has 86 valence electrons. The van der Waals surface area contributed by atoms with Crippen LogP contribution in [0.2, 0.25) is 0 Å². The van der Waals surface area contributed by atoms with Crippen LogP contribution in [0, 0.1) is 6.92 Å². The van der Waals surface area contributed by atoms with E-state index >= 15 is 0 Å². The van der Waals surface area contributed by atoms with E-state index in [0.29, 0.717) is 6.04 Å². The lowest BCUT2D eigenvalue weighted by Gasteiger charge is -2.26. The average molecular weight is 209 g/mol. The Hall–Kier alpha value is -0.990. The van der Waals surface area contributed by atoms with Crippen molar-refractivity contribution in [1.29, 1.82) is 0 Å². The third-order valence-corrected chi connectivity index (χ3v) is 2.74. The van der Waals surface area contributed by atoms with Crippen molar-refractivity contribution >= 4 is 5.95 Å². The Kier molecular flexibility index (Phi) is 3.42. The van der Waals surface area contributed by atoms with E-state index in [9.17, 15) is 0 Å². The highest BCUT2D eigenvalue weighted by atomic mass is 15.2. The summed E-state index contributed by atoms with van der Waals surface area (Å²) in [5.74, 6) is 0.981. The van der Waals surface area contributed by atoms with Gasteiger partial charge in [0.2, 0.25) is 5.95 Å². The van der Waals surface area contributed by atoms with Crippen molar-refractivity contribution in [1.82, 2.24) is 9.55 Å². The summed E-state index contributed by atoms with van der Waals surface area (Å²) in [7, 11) is 0. The molecule has 1 rings (SSSR count). The molecule has 0 aromatic carbocycles. The average Bonchev–Trinajstić information content (AvgIpc) is 2.46. The Morgan fingerprint density at radius 2 is 2.07 bits per heavy atom. The molecule has 0 atom stereocenters. The molecule has 1 aromatic rings. The molecule has 1 N–H and O–H groups in total. The van der Waals surface area contributed by atoms with Crippen LogP contribution < -0.4 is 5.32 Å². The van der Waals surface area contributed by atoms with Gasteiger partial charge in [-0.25, -0.2) is 4.98 Å². The lowest BCUT2D eigenvalue weighted by molar-refractivity contribution is 0.524. The molecule has 0 aliphatic rings. The molecule has 0 radical (unpaired) electrons. The maximum absolute atomic E-state index is 4.52. The van der Waals surface area contributed by atoms with Crippen molar-refractivity contribution in [2.75, 3.05) is 5.32 Å². The minimum absolute atomic E-state index is 0.102. The SMILES string of the molecule is CCC(C)(C)Nc1nc(C)cn1C(C)C. The topological polar surface area (TPSA) is 29.9 Å². The number of aromatic nitrogens is 2. The van der Waals surface area contributed by atoms with Gasteiger partial charge in [-0.2, -0.15) is 0 Å². The summed E-state index contributed by atoms with van der Waals surface area (Å²) in [5, 5.41) is 3.49. The molecule has 1 heterocycles. The minimum atomic E-state index is 0.102. The smallest absolute Gasteiger partial charge is 0.203 e. The maximum atomic E-state index is 4.52. The summed E-state index contributed by atoms with van der Waals surface area (Å²) >= 11 is 0. The number of nitrogens with zero attached hydrogens (tertiary/aromatic N) is 2. The Bertz CT molecular complexity index is 324. The van der Waals surface area contributed by atoms with Gasteiger partial charge < -0.3 is 9.88 Å². The number of hydrogen-bond acceptors (Lipinski definition) is 2. The van der Waals surface area contributed by atoms with Gasteiger partial charge >= 0.3 is 0 Å². The fourth-order valence-corrected chi connectivity index (χ4v) is 1.39. The molecule has 0 fully saturated rings. The molecule has 0 amide bonds. The fourth-order valence-electron chi connectivity index (χ4n) is 1.39. The van der Waals surface area contributed by atoms with Crippen LogP contribution in [0.25, 0.3) is 0 Å². The summed E-state index contributed by atoms with van der Waals surface area (Å²) in [6.45, 7) is 12.9. The second kappa shape index (κ2) is 4.25. The third kappa shape index (κ3) is 2.98. The van der Waals surface area contributed by atoms with E-state index in [1.807, 2.05) is 6.92 Å². The molecule has 1 aromatic heterocycles. The third-order valence-electron chi connectivity index (χ3n) is 2.74. The van der Waals surface area contributed by atoms with E-state index < -0.39 is 0 Å². The van der Waals surface area contributed by atoms with E-state index in [0.717, 1.165) is 18.1 Å². The highest BCUT2D eigenvalue weighted by molar-refractivity contribution is 5.32. The highest BCUT2D eigenvalue weighted by Crippen LogP contribution is 2.20. The molecule has 15 heavy (non-hydrogen) atoms. The number of imidazole rings is 1. The van der Waals surface area contributed by atoms with E-state index in [-0.39, 0.29) is 5.54 Å². The van der Waals surface area contributed by atoms with Crippen LogP contribution in [0.1, 0.15) is 52.8 Å². The zero-order valence-electron chi connectivity index (χ0n) is 10.8. The second-order valence-electron chi connectivity index (χ2n) is 5.07. The number of aryl methyl sites for hydroxylation is 1. The summed E-state index contributed by atoms with van der Waals surface area (Å²) < 4.78 is 2.19. The van der Waals surface area contributed by atoms with Crippen molar-refractivity contribution in [3.63, 3.8) is 0 Å². The molecule has 0 aliphatic carbocycles. The van der Waals surface area contributed by atoms with Gasteiger partial charge in [0.1, 0.15) is 0 Å². The number of nitrogens with one attached hydrogen (secondary N) is 1. The maximum Gasteiger partial charge on any atom is 0.203 e. The number of hydrogen-bond donors (Lipinski definition) is 1. The molecule has 0 saturated heterocycles. The summed E-state index contributed by atoms with van der Waals surface area (Å²) in [4.78, 5) is 4.52. The van der Waals surface area contributed by atoms with E-state index in [1.54, 1.807) is 0 Å². The van der Waals surface area contributed by atoms with E-state index in [1.165, 1.54) is 0 Å². The molecule has 0 saturated carbocycles. The molecule has 3 heteroatoms. The first kappa shape index (κ1) is 12.1. The largest absolute Gasteiger partial charge is 0.351 e. The lowest BCUT2D eigenvalue weighted by Crippen LogP contribution is -2.31. The van der Waals surface area contributed by atoms with Gasteiger partial charge in [-0.3, -0.25) is 0 Å². The van der Waals surface area contributed by atoms with Crippen molar-refractivity contribution in [2.45, 2.75) is 59.5 Å². The highest BCUT2D eigenvalue weighted by Gasteiger charge is 2.18. The summed E-state index contributed by atoms with van der Waals surface area (Å²) in [5.41, 5.74) is 1.17. The van der Waals surface area contributed by atoms with Crippen LogP contribution >= 0.6 is 0 Å². The Balaban J connectivity index is 2.94. The van der Waals surface area contributed by atoms with Crippen molar-refractivity contribution in [3.05, 3.63) is 11.9 Å². The second-order valence-corrected chi connectivity index (χ2v) is 5.07. The van der Waals surface area contributed by atoms with Gasteiger partial charge in [-0.05, 0) is 41.0 Å². The summed E-state index contributed by atoms with van der Waals surface area (Å²) in [6, 6.07) is 0.446. The Morgan fingerprint density at radius 3 is 2.53 bits per heavy atom. The first-order valence-electron chi connectivity index (χ1n) is 5.69. The molecular weight excluding hydrogens is 186 g/mol. The quantitative estimate of drug-likeness (QED) is 0.824. The fraction of sp³-hybridized carbons (Fsp3) is 0.750. The van der Waals surface area contributed by atoms with Gasteiger partial charge in [0, 0.05) is 17.8 Å². The monoisotopic (exact) mass is 209 g/mol. The van der Waals surface area contributed by atoms with Crippen molar-refractivity contribution in [2.24, 2.45) is 0 Å². The van der Waals surface area contributed by atoms with Crippen LogP contribution in [0.15, 0.2) is 6.20 Å². The summed E-state index contributed by atoms with van der Waals surface area (Å²) in [6.07, 6.45) is 3.18. The molecular formula is C12H23N3. The molecule has 0 unspecified atom stereocenters. The molecule has 0 bridgehead atoms. The van der Waals surface area contributed by atoms with Crippen molar-refractivity contribution in [3.8, 4) is 0 Å². The normalized spacial score (nSPS) is 12.2. The molecule has 3 nitrogen and oxygen atoms in total. The van der Waals surface area contributed by atoms with Crippen LogP contribution in [0.5, 0.6) is 0 Å². The lowest BCUT2D eigenvalue weighted by atomic mass is 10.0. The predicted molar refractivity (Wildman–Crippen MR) is 65.3 cm³/mol. The molecule has 0 spiro atoms. The zero-order chi connectivity index (χ0) is 11.6. The minimum Gasteiger partial charge on any atom is -0.351 e.